The third kappa shape index (κ3) is 5.53. The molecule has 0 bridgehead atoms. The highest BCUT2D eigenvalue weighted by atomic mass is 32.2. The van der Waals surface area contributed by atoms with Crippen molar-refractivity contribution in [2.75, 3.05) is 33.3 Å². The molecule has 0 unspecified atom stereocenters. The lowest BCUT2D eigenvalue weighted by Crippen LogP contribution is -2.21. The van der Waals surface area contributed by atoms with Gasteiger partial charge in [-0.05, 0) is 36.4 Å². The van der Waals surface area contributed by atoms with Crippen LogP contribution in [-0.2, 0) is 9.53 Å². The van der Waals surface area contributed by atoms with Crippen molar-refractivity contribution in [3.05, 3.63) is 72.3 Å². The molecule has 166 valence electrons. The van der Waals surface area contributed by atoms with Crippen molar-refractivity contribution in [1.82, 2.24) is 0 Å². The minimum Gasteiger partial charge on any atom is -0.493 e. The number of methoxy groups -OCH3 is 3. The molecule has 0 atom stereocenters. The van der Waals surface area contributed by atoms with Crippen molar-refractivity contribution in [1.29, 1.82) is 0 Å². The van der Waals surface area contributed by atoms with Crippen LogP contribution in [0.4, 0.5) is 5.69 Å². The zero-order valence-corrected chi connectivity index (χ0v) is 18.7. The molecule has 0 heterocycles. The van der Waals surface area contributed by atoms with Crippen molar-refractivity contribution < 1.29 is 28.5 Å². The van der Waals surface area contributed by atoms with Gasteiger partial charge in [-0.3, -0.25) is 4.79 Å². The van der Waals surface area contributed by atoms with Crippen molar-refractivity contribution in [2.45, 2.75) is 9.79 Å². The van der Waals surface area contributed by atoms with E-state index in [0.29, 0.717) is 11.4 Å². The molecule has 1 N–H and O–H groups in total. The number of benzene rings is 3. The first-order chi connectivity index (χ1) is 15.6. The van der Waals surface area contributed by atoms with Crippen LogP contribution < -0.4 is 19.5 Å². The smallest absolute Gasteiger partial charge is 0.342 e. The number of carbonyl (C=O) groups is 2. The third-order valence-corrected chi connectivity index (χ3v) is 5.47. The summed E-state index contributed by atoms with van der Waals surface area (Å²) < 4.78 is 21.0. The number of ether oxygens (including phenoxy) is 4. The number of carbonyl (C=O) groups excluding carboxylic acids is 2. The third-order valence-electron chi connectivity index (χ3n) is 4.39. The summed E-state index contributed by atoms with van der Waals surface area (Å²) in [6.45, 7) is -0.458. The largest absolute Gasteiger partial charge is 0.493 e. The molecule has 0 radical (unpaired) electrons. The highest BCUT2D eigenvalue weighted by molar-refractivity contribution is 7.99. The molecule has 0 aliphatic heterocycles. The maximum absolute atomic E-state index is 12.6. The Morgan fingerprint density at radius 1 is 0.812 bits per heavy atom. The van der Waals surface area contributed by atoms with Gasteiger partial charge in [-0.1, -0.05) is 42.1 Å². The maximum atomic E-state index is 12.6. The molecule has 0 saturated carbocycles. The van der Waals surface area contributed by atoms with Gasteiger partial charge in [0.05, 0.1) is 27.0 Å². The van der Waals surface area contributed by atoms with E-state index in [1.807, 2.05) is 48.5 Å². The van der Waals surface area contributed by atoms with Crippen molar-refractivity contribution in [2.24, 2.45) is 0 Å². The highest BCUT2D eigenvalue weighted by Gasteiger charge is 2.22. The summed E-state index contributed by atoms with van der Waals surface area (Å²) in [4.78, 5) is 26.9. The summed E-state index contributed by atoms with van der Waals surface area (Å²) in [5, 5.41) is 2.79. The van der Waals surface area contributed by atoms with Gasteiger partial charge in [0.15, 0.2) is 18.1 Å². The molecule has 32 heavy (non-hydrogen) atoms. The van der Waals surface area contributed by atoms with Gasteiger partial charge in [0, 0.05) is 9.79 Å². The quantitative estimate of drug-likeness (QED) is 0.472. The molecule has 3 aromatic rings. The average molecular weight is 454 g/mol. The molecule has 0 aromatic heterocycles. The molecule has 7 nitrogen and oxygen atoms in total. The van der Waals surface area contributed by atoms with E-state index < -0.39 is 18.5 Å². The van der Waals surface area contributed by atoms with Crippen LogP contribution in [0.2, 0.25) is 0 Å². The van der Waals surface area contributed by atoms with E-state index >= 15 is 0 Å². The maximum Gasteiger partial charge on any atom is 0.342 e. The first-order valence-electron chi connectivity index (χ1n) is 9.65. The molecule has 0 spiro atoms. The highest BCUT2D eigenvalue weighted by Crippen LogP contribution is 2.40. The molecule has 0 fully saturated rings. The van der Waals surface area contributed by atoms with E-state index in [1.165, 1.54) is 39.2 Å². The van der Waals surface area contributed by atoms with Crippen LogP contribution in [0.1, 0.15) is 10.4 Å². The fourth-order valence-corrected chi connectivity index (χ4v) is 3.85. The van der Waals surface area contributed by atoms with E-state index in [2.05, 4.69) is 5.32 Å². The van der Waals surface area contributed by atoms with E-state index in [0.717, 1.165) is 9.79 Å². The molecule has 3 rings (SSSR count). The van der Waals surface area contributed by atoms with Gasteiger partial charge in [0.2, 0.25) is 5.75 Å². The summed E-state index contributed by atoms with van der Waals surface area (Å²) in [7, 11) is 4.32. The zero-order chi connectivity index (χ0) is 22.9. The van der Waals surface area contributed by atoms with E-state index in [-0.39, 0.29) is 17.1 Å². The van der Waals surface area contributed by atoms with Gasteiger partial charge >= 0.3 is 5.97 Å². The van der Waals surface area contributed by atoms with Crippen LogP contribution in [0.3, 0.4) is 0 Å². The van der Waals surface area contributed by atoms with Crippen molar-refractivity contribution in [3.8, 4) is 17.2 Å². The number of esters is 1. The first kappa shape index (κ1) is 23.0. The number of anilines is 1. The summed E-state index contributed by atoms with van der Waals surface area (Å²) >= 11 is 1.53. The minimum absolute atomic E-state index is 0.123. The molecule has 0 aliphatic carbocycles. The summed E-state index contributed by atoms with van der Waals surface area (Å²) in [6.07, 6.45) is 0. The first-order valence-corrected chi connectivity index (χ1v) is 10.5. The molecule has 8 heteroatoms. The second-order valence-corrected chi connectivity index (χ2v) is 7.53. The number of hydrogen-bond donors (Lipinski definition) is 1. The standard InChI is InChI=1S/C24H23NO6S/c1-28-19-14-13-17(22(29-2)23(19)30-3)24(27)31-15-21(26)25-18-11-7-8-12-20(18)32-16-9-5-4-6-10-16/h4-14H,15H2,1-3H3,(H,25,26). The number of amides is 1. The van der Waals surface area contributed by atoms with Crippen LogP contribution in [0.15, 0.2) is 76.5 Å². The number of hydrogen-bond acceptors (Lipinski definition) is 7. The number of para-hydroxylation sites is 1. The van der Waals surface area contributed by atoms with Gasteiger partial charge in [0.25, 0.3) is 5.91 Å². The van der Waals surface area contributed by atoms with Gasteiger partial charge in [-0.15, -0.1) is 0 Å². The fourth-order valence-electron chi connectivity index (χ4n) is 2.93. The van der Waals surface area contributed by atoms with Gasteiger partial charge in [-0.2, -0.15) is 0 Å². The second kappa shape index (κ2) is 11.1. The average Bonchev–Trinajstić information content (AvgIpc) is 2.83. The van der Waals surface area contributed by atoms with Gasteiger partial charge in [-0.25, -0.2) is 4.79 Å². The Labute approximate surface area is 190 Å². The van der Waals surface area contributed by atoms with Gasteiger partial charge < -0.3 is 24.3 Å². The molecule has 1 amide bonds. The Bertz CT molecular complexity index is 1090. The Morgan fingerprint density at radius 3 is 2.19 bits per heavy atom. The van der Waals surface area contributed by atoms with Crippen LogP contribution in [0.5, 0.6) is 17.2 Å². The predicted molar refractivity (Wildman–Crippen MR) is 122 cm³/mol. The van der Waals surface area contributed by atoms with E-state index in [4.69, 9.17) is 18.9 Å². The Balaban J connectivity index is 1.67. The van der Waals surface area contributed by atoms with Crippen molar-refractivity contribution >= 4 is 29.3 Å². The van der Waals surface area contributed by atoms with Crippen molar-refractivity contribution in [3.63, 3.8) is 0 Å². The second-order valence-electron chi connectivity index (χ2n) is 6.42. The minimum atomic E-state index is -0.718. The van der Waals surface area contributed by atoms with Gasteiger partial charge in [0.1, 0.15) is 5.56 Å². The van der Waals surface area contributed by atoms with Crippen LogP contribution in [-0.4, -0.2) is 39.8 Å². The predicted octanol–water partition coefficient (Wildman–Crippen LogP) is 4.66. The summed E-state index contributed by atoms with van der Waals surface area (Å²) in [6, 6.07) is 20.3. The SMILES string of the molecule is COc1ccc(C(=O)OCC(=O)Nc2ccccc2Sc2ccccc2)c(OC)c1OC. The molecule has 0 saturated heterocycles. The Hall–Kier alpha value is -3.65. The summed E-state index contributed by atoms with van der Waals surface area (Å²) in [5.41, 5.74) is 0.754. The van der Waals surface area contributed by atoms with E-state index in [1.54, 1.807) is 12.1 Å². The topological polar surface area (TPSA) is 83.1 Å². The molecule has 0 aliphatic rings. The Morgan fingerprint density at radius 2 is 1.50 bits per heavy atom. The van der Waals surface area contributed by atoms with Crippen LogP contribution in [0.25, 0.3) is 0 Å². The van der Waals surface area contributed by atoms with E-state index in [9.17, 15) is 9.59 Å². The summed E-state index contributed by atoms with van der Waals surface area (Å²) in [5.74, 6) is -0.336. The number of nitrogens with one attached hydrogen (secondary N) is 1. The zero-order valence-electron chi connectivity index (χ0n) is 17.9. The number of rotatable bonds is 9. The lowest BCUT2D eigenvalue weighted by molar-refractivity contribution is -0.119. The normalized spacial score (nSPS) is 10.2. The fraction of sp³-hybridized carbons (Fsp3) is 0.167. The molecular formula is C24H23NO6S. The monoisotopic (exact) mass is 453 g/mol. The lowest BCUT2D eigenvalue weighted by Gasteiger charge is -2.15. The molecular weight excluding hydrogens is 430 g/mol. The lowest BCUT2D eigenvalue weighted by atomic mass is 10.1. The Kier molecular flexibility index (Phi) is 7.99. The van der Waals surface area contributed by atoms with Crippen LogP contribution >= 0.6 is 11.8 Å². The molecule has 3 aromatic carbocycles. The van der Waals surface area contributed by atoms with Crippen LogP contribution in [0, 0.1) is 0 Å².